The van der Waals surface area contributed by atoms with Crippen molar-refractivity contribution in [3.63, 3.8) is 0 Å². The van der Waals surface area contributed by atoms with E-state index in [2.05, 4.69) is 10.6 Å². The van der Waals surface area contributed by atoms with Crippen LogP contribution in [0.2, 0.25) is 0 Å². The molecule has 0 saturated carbocycles. The van der Waals surface area contributed by atoms with E-state index in [0.29, 0.717) is 18.2 Å². The van der Waals surface area contributed by atoms with Crippen LogP contribution in [0.25, 0.3) is 0 Å². The van der Waals surface area contributed by atoms with Crippen LogP contribution < -0.4 is 10.6 Å². The van der Waals surface area contributed by atoms with E-state index in [1.165, 1.54) is 18.2 Å². The van der Waals surface area contributed by atoms with Gasteiger partial charge in [-0.3, -0.25) is 0 Å². The molecule has 0 aliphatic carbocycles. The molecule has 8 heteroatoms. The lowest BCUT2D eigenvalue weighted by Gasteiger charge is -2.15. The van der Waals surface area contributed by atoms with E-state index in [4.69, 9.17) is 0 Å². The maximum absolute atomic E-state index is 11.9. The van der Waals surface area contributed by atoms with Crippen LogP contribution in [0.4, 0.5) is 5.69 Å². The molecule has 1 heterocycles. The summed E-state index contributed by atoms with van der Waals surface area (Å²) in [5, 5.41) is 6.37. The maximum Gasteiger partial charge on any atom is 0.177 e. The average molecular weight is 332 g/mol. The Balaban J connectivity index is 2.31. The quantitative estimate of drug-likeness (QED) is 0.816. The molecule has 6 nitrogen and oxygen atoms in total. The molecule has 1 aliphatic heterocycles. The van der Waals surface area contributed by atoms with Crippen molar-refractivity contribution in [3.8, 4) is 0 Å². The molecule has 1 aliphatic rings. The van der Waals surface area contributed by atoms with Gasteiger partial charge in [0.1, 0.15) is 0 Å². The zero-order chi connectivity index (χ0) is 15.7. The van der Waals surface area contributed by atoms with Gasteiger partial charge in [-0.1, -0.05) is 0 Å². The van der Waals surface area contributed by atoms with Crippen molar-refractivity contribution in [2.45, 2.75) is 16.2 Å². The predicted molar refractivity (Wildman–Crippen MR) is 82.1 cm³/mol. The summed E-state index contributed by atoms with van der Waals surface area (Å²) < 4.78 is 46.9. The lowest BCUT2D eigenvalue weighted by molar-refractivity contribution is 0.598. The smallest absolute Gasteiger partial charge is 0.177 e. The van der Waals surface area contributed by atoms with E-state index < -0.39 is 19.7 Å². The van der Waals surface area contributed by atoms with Gasteiger partial charge in [0.2, 0.25) is 0 Å². The van der Waals surface area contributed by atoms with Crippen LogP contribution in [0.3, 0.4) is 0 Å². The fourth-order valence-corrected chi connectivity index (χ4v) is 3.93. The normalized spacial score (nSPS) is 19.6. The van der Waals surface area contributed by atoms with Crippen LogP contribution in [-0.2, 0) is 19.7 Å². The summed E-state index contributed by atoms with van der Waals surface area (Å²) in [6, 6.07) is 4.17. The molecular formula is C13H20N2O4S2. The lowest BCUT2D eigenvalue weighted by atomic mass is 10.1. The Morgan fingerprint density at radius 1 is 1.19 bits per heavy atom. The monoisotopic (exact) mass is 332 g/mol. The van der Waals surface area contributed by atoms with E-state index in [0.717, 1.165) is 32.0 Å². The average Bonchev–Trinajstić information content (AvgIpc) is 2.87. The molecule has 0 bridgehead atoms. The summed E-state index contributed by atoms with van der Waals surface area (Å²) in [6.07, 6.45) is 3.19. The number of sulfone groups is 2. The summed E-state index contributed by atoms with van der Waals surface area (Å²) in [5.41, 5.74) is 0.455. The van der Waals surface area contributed by atoms with Crippen LogP contribution in [0.5, 0.6) is 0 Å². The van der Waals surface area contributed by atoms with Gasteiger partial charge in [0, 0.05) is 19.1 Å². The highest BCUT2D eigenvalue weighted by atomic mass is 32.2. The van der Waals surface area contributed by atoms with Gasteiger partial charge in [0.15, 0.2) is 19.7 Å². The van der Waals surface area contributed by atoms with E-state index in [9.17, 15) is 16.8 Å². The van der Waals surface area contributed by atoms with Crippen LogP contribution >= 0.6 is 0 Å². The number of nitrogens with one attached hydrogen (secondary N) is 2. The van der Waals surface area contributed by atoms with E-state index >= 15 is 0 Å². The summed E-state index contributed by atoms with van der Waals surface area (Å²) >= 11 is 0. The summed E-state index contributed by atoms with van der Waals surface area (Å²) in [4.78, 5) is 0.0346. The third kappa shape index (κ3) is 4.18. The number of rotatable bonds is 5. The minimum atomic E-state index is -3.50. The first-order valence-electron chi connectivity index (χ1n) is 6.66. The van der Waals surface area contributed by atoms with Gasteiger partial charge >= 0.3 is 0 Å². The molecule has 2 N–H and O–H groups in total. The van der Waals surface area contributed by atoms with Crippen LogP contribution in [-0.4, -0.2) is 49.0 Å². The number of hydrogen-bond acceptors (Lipinski definition) is 6. The standard InChI is InChI=1S/C13H20N2O4S2/c1-20(16,17)11-3-4-12(13(7-11)21(2,18)19)15-9-10-5-6-14-8-10/h3-4,7,10,14-15H,5-6,8-9H2,1-2H3. The van der Waals surface area contributed by atoms with Crippen LogP contribution in [0.1, 0.15) is 6.42 Å². The minimum absolute atomic E-state index is 0.0102. The molecule has 1 atom stereocenters. The fraction of sp³-hybridized carbons (Fsp3) is 0.538. The van der Waals surface area contributed by atoms with Crippen molar-refractivity contribution in [2.75, 3.05) is 37.5 Å². The van der Waals surface area contributed by atoms with Gasteiger partial charge in [-0.05, 0) is 43.6 Å². The second-order valence-corrected chi connectivity index (χ2v) is 9.44. The van der Waals surface area contributed by atoms with Gasteiger partial charge in [-0.2, -0.15) is 0 Å². The summed E-state index contributed by atoms with van der Waals surface area (Å²) in [7, 11) is -6.94. The second-order valence-electron chi connectivity index (χ2n) is 5.44. The van der Waals surface area contributed by atoms with E-state index in [1.54, 1.807) is 0 Å². The molecule has 21 heavy (non-hydrogen) atoms. The molecule has 1 aromatic carbocycles. The number of benzene rings is 1. The molecule has 1 saturated heterocycles. The van der Waals surface area contributed by atoms with Crippen molar-refractivity contribution >= 4 is 25.4 Å². The van der Waals surface area contributed by atoms with E-state index in [1.807, 2.05) is 0 Å². The summed E-state index contributed by atoms with van der Waals surface area (Å²) in [5.74, 6) is 0.451. The molecule has 1 fully saturated rings. The largest absolute Gasteiger partial charge is 0.384 e. The summed E-state index contributed by atoms with van der Waals surface area (Å²) in [6.45, 7) is 2.54. The molecule has 118 valence electrons. The number of hydrogen-bond donors (Lipinski definition) is 2. The highest BCUT2D eigenvalue weighted by Crippen LogP contribution is 2.25. The maximum atomic E-state index is 11.9. The van der Waals surface area contributed by atoms with Crippen molar-refractivity contribution in [3.05, 3.63) is 18.2 Å². The molecule has 0 radical (unpaired) electrons. The van der Waals surface area contributed by atoms with Crippen LogP contribution in [0, 0.1) is 5.92 Å². The van der Waals surface area contributed by atoms with Gasteiger partial charge in [-0.25, -0.2) is 16.8 Å². The molecule has 0 amide bonds. The van der Waals surface area contributed by atoms with Crippen LogP contribution in [0.15, 0.2) is 28.0 Å². The highest BCUT2D eigenvalue weighted by molar-refractivity contribution is 7.91. The third-order valence-electron chi connectivity index (χ3n) is 3.52. The second kappa shape index (κ2) is 5.94. The molecule has 1 aromatic rings. The van der Waals surface area contributed by atoms with Crippen molar-refractivity contribution < 1.29 is 16.8 Å². The Morgan fingerprint density at radius 3 is 2.43 bits per heavy atom. The number of anilines is 1. The van der Waals surface area contributed by atoms with E-state index in [-0.39, 0.29) is 9.79 Å². The Kier molecular flexibility index (Phi) is 4.60. The molecular weight excluding hydrogens is 312 g/mol. The Hall–Kier alpha value is -1.12. The van der Waals surface area contributed by atoms with Gasteiger partial charge in [0.05, 0.1) is 15.5 Å². The first kappa shape index (κ1) is 16.3. The molecule has 2 rings (SSSR count). The first-order valence-corrected chi connectivity index (χ1v) is 10.4. The minimum Gasteiger partial charge on any atom is -0.384 e. The Bertz CT molecular complexity index is 721. The zero-order valence-electron chi connectivity index (χ0n) is 12.1. The van der Waals surface area contributed by atoms with Gasteiger partial charge in [0.25, 0.3) is 0 Å². The zero-order valence-corrected chi connectivity index (χ0v) is 13.7. The molecule has 0 aromatic heterocycles. The first-order chi connectivity index (χ1) is 9.68. The molecule has 1 unspecified atom stereocenters. The lowest BCUT2D eigenvalue weighted by Crippen LogP contribution is -2.18. The van der Waals surface area contributed by atoms with Gasteiger partial charge < -0.3 is 10.6 Å². The van der Waals surface area contributed by atoms with Crippen molar-refractivity contribution in [1.29, 1.82) is 0 Å². The highest BCUT2D eigenvalue weighted by Gasteiger charge is 2.19. The van der Waals surface area contributed by atoms with Crippen molar-refractivity contribution in [1.82, 2.24) is 5.32 Å². The Morgan fingerprint density at radius 2 is 1.90 bits per heavy atom. The Labute approximate surface area is 125 Å². The fourth-order valence-electron chi connectivity index (χ4n) is 2.33. The van der Waals surface area contributed by atoms with Crippen molar-refractivity contribution in [2.24, 2.45) is 5.92 Å². The molecule has 0 spiro atoms. The third-order valence-corrected chi connectivity index (χ3v) is 5.77. The topological polar surface area (TPSA) is 92.3 Å². The SMILES string of the molecule is CS(=O)(=O)c1ccc(NCC2CCNC2)c(S(C)(=O)=O)c1. The van der Waals surface area contributed by atoms with Gasteiger partial charge in [-0.15, -0.1) is 0 Å². The predicted octanol–water partition coefficient (Wildman–Crippen LogP) is 0.515.